The lowest BCUT2D eigenvalue weighted by Gasteiger charge is -2.55. The Kier molecular flexibility index (Phi) is 4.50. The second kappa shape index (κ2) is 5.98. The van der Waals surface area contributed by atoms with E-state index >= 15 is 0 Å². The van der Waals surface area contributed by atoms with Gasteiger partial charge < -0.3 is 10.0 Å². The van der Waals surface area contributed by atoms with Crippen molar-refractivity contribution in [1.29, 1.82) is 0 Å². The van der Waals surface area contributed by atoms with Crippen LogP contribution in [-0.4, -0.2) is 36.2 Å². The van der Waals surface area contributed by atoms with E-state index in [0.29, 0.717) is 10.0 Å². The predicted molar refractivity (Wildman–Crippen MR) is 93.0 cm³/mol. The third-order valence-corrected chi connectivity index (χ3v) is 6.51. The van der Waals surface area contributed by atoms with Gasteiger partial charge >= 0.3 is 0 Å². The lowest BCUT2D eigenvalue weighted by Crippen LogP contribution is -2.57. The number of halogens is 2. The minimum Gasteiger partial charge on any atom is -0.389 e. The van der Waals surface area contributed by atoms with E-state index in [0.717, 1.165) is 45.1 Å². The minimum atomic E-state index is -0.592. The smallest absolute Gasteiger partial charge is 0.0747 e. The van der Waals surface area contributed by atoms with Gasteiger partial charge in [-0.05, 0) is 76.0 Å². The Bertz CT molecular complexity index is 574. The molecule has 0 amide bonds. The number of rotatable bonds is 3. The molecule has 1 saturated carbocycles. The highest BCUT2D eigenvalue weighted by atomic mass is 35.5. The fraction of sp³-hybridized carbons (Fsp3) is 0.667. The Morgan fingerprint density at radius 3 is 2.50 bits per heavy atom. The van der Waals surface area contributed by atoms with Crippen LogP contribution in [0.1, 0.15) is 49.7 Å². The van der Waals surface area contributed by atoms with Crippen LogP contribution in [0.4, 0.5) is 0 Å². The summed E-state index contributed by atoms with van der Waals surface area (Å²) in [6.45, 7) is 0.974. The van der Waals surface area contributed by atoms with E-state index in [4.69, 9.17) is 23.2 Å². The van der Waals surface area contributed by atoms with Crippen molar-refractivity contribution in [3.05, 3.63) is 33.3 Å². The van der Waals surface area contributed by atoms with E-state index in [1.54, 1.807) is 0 Å². The van der Waals surface area contributed by atoms with Crippen molar-refractivity contribution in [2.45, 2.75) is 56.0 Å². The van der Waals surface area contributed by atoms with Crippen molar-refractivity contribution in [2.75, 3.05) is 20.6 Å². The van der Waals surface area contributed by atoms with Gasteiger partial charge in [0.05, 0.1) is 15.6 Å². The summed E-state index contributed by atoms with van der Waals surface area (Å²) >= 11 is 12.5. The number of benzene rings is 1. The molecule has 3 rings (SSSR count). The van der Waals surface area contributed by atoms with Crippen molar-refractivity contribution in [3.63, 3.8) is 0 Å². The molecular formula is C18H25Cl2NO. The number of nitrogens with zero attached hydrogens (tertiary/aromatic N) is 1. The van der Waals surface area contributed by atoms with E-state index in [9.17, 15) is 5.11 Å². The summed E-state index contributed by atoms with van der Waals surface area (Å²) in [6, 6.07) is 4.05. The zero-order chi connectivity index (χ0) is 16.0. The maximum absolute atomic E-state index is 11.5. The fourth-order valence-corrected chi connectivity index (χ4v) is 4.90. The van der Waals surface area contributed by atoms with Gasteiger partial charge in [-0.3, -0.25) is 0 Å². The zero-order valence-corrected chi connectivity index (χ0v) is 15.0. The number of fused-ring (bicyclic) bond motifs is 3. The quantitative estimate of drug-likeness (QED) is 0.878. The molecule has 0 spiro atoms. The summed E-state index contributed by atoms with van der Waals surface area (Å²) in [5.74, 6) is 0. The van der Waals surface area contributed by atoms with Crippen molar-refractivity contribution in [1.82, 2.24) is 4.90 Å². The summed E-state index contributed by atoms with van der Waals surface area (Å²) < 4.78 is 0. The monoisotopic (exact) mass is 341 g/mol. The summed E-state index contributed by atoms with van der Waals surface area (Å²) in [6.07, 6.45) is 6.95. The van der Waals surface area contributed by atoms with E-state index < -0.39 is 5.60 Å². The molecule has 2 unspecified atom stereocenters. The number of hydrogen-bond donors (Lipinski definition) is 1. The summed E-state index contributed by atoms with van der Waals surface area (Å²) in [7, 11) is 4.19. The van der Waals surface area contributed by atoms with Gasteiger partial charge in [-0.15, -0.1) is 0 Å². The highest BCUT2D eigenvalue weighted by molar-refractivity contribution is 6.42. The van der Waals surface area contributed by atoms with Crippen LogP contribution < -0.4 is 0 Å². The number of aryl methyl sites for hydroxylation is 1. The van der Waals surface area contributed by atoms with Crippen LogP contribution in [0.25, 0.3) is 0 Å². The topological polar surface area (TPSA) is 23.5 Å². The maximum atomic E-state index is 11.5. The molecule has 1 aromatic carbocycles. The Morgan fingerprint density at radius 2 is 1.77 bits per heavy atom. The highest BCUT2D eigenvalue weighted by Gasteiger charge is 2.54. The van der Waals surface area contributed by atoms with Gasteiger partial charge in [0.2, 0.25) is 0 Å². The molecule has 1 N–H and O–H groups in total. The molecule has 2 atom stereocenters. The van der Waals surface area contributed by atoms with Crippen LogP contribution in [0.3, 0.4) is 0 Å². The Morgan fingerprint density at radius 1 is 1.09 bits per heavy atom. The molecule has 22 heavy (non-hydrogen) atoms. The first-order valence-electron chi connectivity index (χ1n) is 8.23. The number of aliphatic hydroxyl groups is 1. The first kappa shape index (κ1) is 16.6. The fourth-order valence-electron chi connectivity index (χ4n) is 4.55. The SMILES string of the molecule is CN(C)CCC12CCCCC1(O)CCc1cc(Cl)c(Cl)cc12. The summed E-state index contributed by atoms with van der Waals surface area (Å²) in [5.41, 5.74) is 1.76. The molecule has 2 nitrogen and oxygen atoms in total. The molecule has 0 bridgehead atoms. The molecule has 0 heterocycles. The van der Waals surface area contributed by atoms with E-state index in [1.807, 2.05) is 12.1 Å². The van der Waals surface area contributed by atoms with Crippen LogP contribution in [0.15, 0.2) is 12.1 Å². The van der Waals surface area contributed by atoms with Crippen LogP contribution >= 0.6 is 23.2 Å². The van der Waals surface area contributed by atoms with Crippen molar-refractivity contribution in [2.24, 2.45) is 0 Å². The van der Waals surface area contributed by atoms with Gasteiger partial charge in [-0.2, -0.15) is 0 Å². The average Bonchev–Trinajstić information content (AvgIpc) is 2.47. The van der Waals surface area contributed by atoms with E-state index in [2.05, 4.69) is 19.0 Å². The molecule has 0 radical (unpaired) electrons. The molecular weight excluding hydrogens is 317 g/mol. The lowest BCUT2D eigenvalue weighted by atomic mass is 9.53. The highest BCUT2D eigenvalue weighted by Crippen LogP contribution is 2.55. The van der Waals surface area contributed by atoms with Crippen LogP contribution in [0.5, 0.6) is 0 Å². The van der Waals surface area contributed by atoms with Crippen LogP contribution in [0, 0.1) is 0 Å². The van der Waals surface area contributed by atoms with Gasteiger partial charge in [-0.25, -0.2) is 0 Å². The number of hydrogen-bond acceptors (Lipinski definition) is 2. The Hall–Kier alpha value is -0.280. The van der Waals surface area contributed by atoms with Crippen molar-refractivity contribution >= 4 is 23.2 Å². The predicted octanol–water partition coefficient (Wildman–Crippen LogP) is 4.43. The second-order valence-electron chi connectivity index (χ2n) is 7.30. The molecule has 0 aromatic heterocycles. The molecule has 1 aromatic rings. The largest absolute Gasteiger partial charge is 0.389 e. The van der Waals surface area contributed by atoms with Crippen molar-refractivity contribution < 1.29 is 5.11 Å². The minimum absolute atomic E-state index is 0.169. The summed E-state index contributed by atoms with van der Waals surface area (Å²) in [4.78, 5) is 2.20. The van der Waals surface area contributed by atoms with E-state index in [1.165, 1.54) is 17.5 Å². The molecule has 1 fully saturated rings. The Balaban J connectivity index is 2.12. The normalized spacial score (nSPS) is 31.0. The van der Waals surface area contributed by atoms with Crippen molar-refractivity contribution in [3.8, 4) is 0 Å². The van der Waals surface area contributed by atoms with Gasteiger partial charge in [0, 0.05) is 5.41 Å². The summed E-state index contributed by atoms with van der Waals surface area (Å²) in [5, 5.41) is 12.7. The van der Waals surface area contributed by atoms with Gasteiger partial charge in [0.25, 0.3) is 0 Å². The average molecular weight is 342 g/mol. The zero-order valence-electron chi connectivity index (χ0n) is 13.5. The van der Waals surface area contributed by atoms with Crippen LogP contribution in [-0.2, 0) is 11.8 Å². The first-order chi connectivity index (χ1) is 10.4. The molecule has 0 saturated heterocycles. The molecule has 0 aliphatic heterocycles. The van der Waals surface area contributed by atoms with Gasteiger partial charge in [0.1, 0.15) is 0 Å². The Labute approximate surface area is 143 Å². The third kappa shape index (κ3) is 2.58. The first-order valence-corrected chi connectivity index (χ1v) is 8.99. The molecule has 2 aliphatic carbocycles. The van der Waals surface area contributed by atoms with E-state index in [-0.39, 0.29) is 5.41 Å². The lowest BCUT2D eigenvalue weighted by molar-refractivity contribution is -0.0887. The van der Waals surface area contributed by atoms with Gasteiger partial charge in [-0.1, -0.05) is 36.0 Å². The molecule has 4 heteroatoms. The molecule has 2 aliphatic rings. The second-order valence-corrected chi connectivity index (χ2v) is 8.11. The van der Waals surface area contributed by atoms with Crippen LogP contribution in [0.2, 0.25) is 10.0 Å². The van der Waals surface area contributed by atoms with Gasteiger partial charge in [0.15, 0.2) is 0 Å². The molecule has 122 valence electrons. The maximum Gasteiger partial charge on any atom is 0.0747 e. The standard InChI is InChI=1S/C18H25Cl2NO/c1-21(2)10-9-17-6-3-4-7-18(17,22)8-5-13-11-15(19)16(20)12-14(13)17/h11-12,22H,3-10H2,1-2H3. The third-order valence-electron chi connectivity index (χ3n) is 5.79.